The Morgan fingerprint density at radius 2 is 0.672 bits per heavy atom. The lowest BCUT2D eigenvalue weighted by Gasteiger charge is -2.16. The molecule has 0 amide bonds. The number of hydrogen-bond acceptors (Lipinski definition) is 3. The van der Waals surface area contributed by atoms with E-state index in [1.54, 1.807) is 0 Å². The smallest absolute Gasteiger partial charge is 0.160 e. The lowest BCUT2D eigenvalue weighted by molar-refractivity contribution is 1.18. The molecule has 0 radical (unpaired) electrons. The number of pyridine rings is 1. The van der Waals surface area contributed by atoms with Crippen LogP contribution in [0.15, 0.2) is 212 Å². The largest absolute Gasteiger partial charge is 0.247 e. The maximum absolute atomic E-state index is 5.39. The minimum atomic E-state index is 0.690. The molecule has 0 unspecified atom stereocenters. The predicted octanol–water partition coefficient (Wildman–Crippen LogP) is 14.5. The molecule has 3 nitrogen and oxygen atoms in total. The van der Waals surface area contributed by atoms with Gasteiger partial charge in [0, 0.05) is 38.4 Å². The summed E-state index contributed by atoms with van der Waals surface area (Å²) < 4.78 is 0. The minimum Gasteiger partial charge on any atom is -0.247 e. The molecule has 0 N–H and O–H groups in total. The molecule has 0 fully saturated rings. The fourth-order valence-corrected chi connectivity index (χ4v) is 8.44. The van der Waals surface area contributed by atoms with Gasteiger partial charge in [-0.3, -0.25) is 0 Å². The molecule has 11 aromatic rings. The Morgan fingerprint density at radius 1 is 0.241 bits per heavy atom. The van der Waals surface area contributed by atoms with E-state index >= 15 is 0 Å². The normalized spacial score (nSPS) is 11.4. The lowest BCUT2D eigenvalue weighted by atomic mass is 9.89. The summed E-state index contributed by atoms with van der Waals surface area (Å²) in [6.07, 6.45) is 0. The molecule has 2 heterocycles. The van der Waals surface area contributed by atoms with Gasteiger partial charge in [-0.2, -0.15) is 0 Å². The van der Waals surface area contributed by atoms with Gasteiger partial charge in [-0.15, -0.1) is 0 Å². The number of para-hydroxylation sites is 1. The zero-order valence-electron chi connectivity index (χ0n) is 31.5. The maximum Gasteiger partial charge on any atom is 0.160 e. The summed E-state index contributed by atoms with van der Waals surface area (Å²) in [6.45, 7) is 0. The van der Waals surface area contributed by atoms with Crippen molar-refractivity contribution in [2.45, 2.75) is 0 Å². The van der Waals surface area contributed by atoms with Gasteiger partial charge in [-0.05, 0) is 62.0 Å². The van der Waals surface area contributed by atoms with Crippen LogP contribution in [-0.4, -0.2) is 15.0 Å². The summed E-state index contributed by atoms with van der Waals surface area (Å²) >= 11 is 0. The van der Waals surface area contributed by atoms with Gasteiger partial charge in [0.15, 0.2) is 5.82 Å². The monoisotopic (exact) mass is 737 g/mol. The molecule has 0 saturated heterocycles. The molecule has 0 saturated carbocycles. The van der Waals surface area contributed by atoms with E-state index in [1.807, 2.05) is 12.1 Å². The van der Waals surface area contributed by atoms with E-state index in [0.717, 1.165) is 56.0 Å². The fourth-order valence-electron chi connectivity index (χ4n) is 8.44. The molecule has 270 valence electrons. The van der Waals surface area contributed by atoms with Gasteiger partial charge in [0.05, 0.1) is 22.6 Å². The summed E-state index contributed by atoms with van der Waals surface area (Å²) in [7, 11) is 0. The molecule has 58 heavy (non-hydrogen) atoms. The summed E-state index contributed by atoms with van der Waals surface area (Å²) in [6, 6.07) is 75.0. The van der Waals surface area contributed by atoms with E-state index in [4.69, 9.17) is 15.0 Å². The minimum absolute atomic E-state index is 0.690. The highest BCUT2D eigenvalue weighted by Gasteiger charge is 2.18. The molecule has 0 spiro atoms. The van der Waals surface area contributed by atoms with Crippen LogP contribution in [0.3, 0.4) is 0 Å². The van der Waals surface area contributed by atoms with Crippen molar-refractivity contribution in [2.24, 2.45) is 0 Å². The van der Waals surface area contributed by atoms with Gasteiger partial charge in [0.25, 0.3) is 0 Å². The molecular formula is C55H35N3. The third-order valence-corrected chi connectivity index (χ3v) is 11.3. The van der Waals surface area contributed by atoms with Crippen molar-refractivity contribution in [3.8, 4) is 67.4 Å². The van der Waals surface area contributed by atoms with Gasteiger partial charge in [0.2, 0.25) is 0 Å². The molecule has 9 aromatic carbocycles. The van der Waals surface area contributed by atoms with Crippen molar-refractivity contribution >= 4 is 43.2 Å². The zero-order chi connectivity index (χ0) is 38.4. The van der Waals surface area contributed by atoms with Crippen LogP contribution in [0.5, 0.6) is 0 Å². The Labute approximate surface area is 336 Å². The summed E-state index contributed by atoms with van der Waals surface area (Å²) in [4.78, 5) is 15.6. The van der Waals surface area contributed by atoms with Crippen molar-refractivity contribution in [3.63, 3.8) is 0 Å². The predicted molar refractivity (Wildman–Crippen MR) is 242 cm³/mol. The van der Waals surface area contributed by atoms with Crippen LogP contribution in [0.2, 0.25) is 0 Å². The topological polar surface area (TPSA) is 38.7 Å². The van der Waals surface area contributed by atoms with Gasteiger partial charge in [-0.1, -0.05) is 194 Å². The summed E-state index contributed by atoms with van der Waals surface area (Å²) in [5.74, 6) is 0.690. The quantitative estimate of drug-likeness (QED) is 0.160. The molecule has 0 aliphatic rings. The van der Waals surface area contributed by atoms with Crippen molar-refractivity contribution in [2.75, 3.05) is 0 Å². The van der Waals surface area contributed by atoms with Gasteiger partial charge >= 0.3 is 0 Å². The second-order valence-corrected chi connectivity index (χ2v) is 14.7. The van der Waals surface area contributed by atoms with Gasteiger partial charge < -0.3 is 0 Å². The Kier molecular flexibility index (Phi) is 8.15. The Balaban J connectivity index is 1.01. The number of fused-ring (bicyclic) bond motifs is 8. The Bertz CT molecular complexity index is 3300. The number of nitrogens with zero attached hydrogens (tertiary/aromatic N) is 3. The summed E-state index contributed by atoms with van der Waals surface area (Å²) in [5.41, 5.74) is 12.5. The first-order valence-corrected chi connectivity index (χ1v) is 19.7. The van der Waals surface area contributed by atoms with Crippen LogP contribution in [0.1, 0.15) is 0 Å². The molecule has 0 bridgehead atoms. The first kappa shape index (κ1) is 33.6. The molecular weight excluding hydrogens is 703 g/mol. The number of aromatic nitrogens is 3. The van der Waals surface area contributed by atoms with Crippen LogP contribution in [0.25, 0.3) is 111 Å². The molecule has 0 aliphatic heterocycles. The Morgan fingerprint density at radius 3 is 1.33 bits per heavy atom. The number of rotatable bonds is 6. The van der Waals surface area contributed by atoms with E-state index in [-0.39, 0.29) is 0 Å². The van der Waals surface area contributed by atoms with Crippen molar-refractivity contribution < 1.29 is 0 Å². The van der Waals surface area contributed by atoms with E-state index < -0.39 is 0 Å². The second kappa shape index (κ2) is 14.1. The van der Waals surface area contributed by atoms with Gasteiger partial charge in [0.1, 0.15) is 0 Å². The fraction of sp³-hybridized carbons (Fsp3) is 0. The molecule has 2 aromatic heterocycles. The summed E-state index contributed by atoms with van der Waals surface area (Å²) in [5, 5.41) is 8.54. The number of benzene rings is 9. The first-order valence-electron chi connectivity index (χ1n) is 19.7. The first-order chi connectivity index (χ1) is 28.7. The highest BCUT2D eigenvalue weighted by molar-refractivity contribution is 6.33. The molecule has 0 aliphatic carbocycles. The van der Waals surface area contributed by atoms with E-state index in [1.165, 1.54) is 48.8 Å². The standard InChI is InChI=1S/C55H35N3/c1-3-14-36(15-4-1)37-26-30-40(31-27-37)51-35-50(39-16-5-2-6-17-39)57-55(58-51)41-32-28-38(29-33-41)42-18-13-19-43(34-42)54-53-47-23-10-8-21-45(47)44-20-7-9-22-46(44)52(53)48-24-11-12-25-49(48)56-54/h1-35H. The van der Waals surface area contributed by atoms with Crippen LogP contribution < -0.4 is 0 Å². The molecule has 3 heteroatoms. The average molecular weight is 738 g/mol. The van der Waals surface area contributed by atoms with E-state index in [2.05, 4.69) is 200 Å². The van der Waals surface area contributed by atoms with Gasteiger partial charge in [-0.25, -0.2) is 15.0 Å². The molecule has 11 rings (SSSR count). The highest BCUT2D eigenvalue weighted by atomic mass is 14.9. The van der Waals surface area contributed by atoms with Crippen molar-refractivity contribution in [1.29, 1.82) is 0 Å². The second-order valence-electron chi connectivity index (χ2n) is 14.7. The molecule has 0 atom stereocenters. The Hall–Kier alpha value is -7.75. The van der Waals surface area contributed by atoms with E-state index in [9.17, 15) is 0 Å². The van der Waals surface area contributed by atoms with Crippen molar-refractivity contribution in [3.05, 3.63) is 212 Å². The lowest BCUT2D eigenvalue weighted by Crippen LogP contribution is -1.96. The van der Waals surface area contributed by atoms with E-state index in [0.29, 0.717) is 5.82 Å². The van der Waals surface area contributed by atoms with Crippen LogP contribution >= 0.6 is 0 Å². The van der Waals surface area contributed by atoms with Crippen LogP contribution in [-0.2, 0) is 0 Å². The third-order valence-electron chi connectivity index (χ3n) is 11.3. The zero-order valence-corrected chi connectivity index (χ0v) is 31.5. The maximum atomic E-state index is 5.39. The SMILES string of the molecule is c1ccc(-c2ccc(-c3cc(-c4ccccc4)nc(-c4ccc(-c5cccc(-c6nc7ccccc7c7c8ccccc8c8ccccc8c67)c5)cc4)n3)cc2)cc1. The van der Waals surface area contributed by atoms with Crippen molar-refractivity contribution in [1.82, 2.24) is 15.0 Å². The third kappa shape index (κ3) is 5.89. The number of hydrogen-bond donors (Lipinski definition) is 0. The van der Waals surface area contributed by atoms with Crippen LogP contribution in [0, 0.1) is 0 Å². The average Bonchev–Trinajstić information content (AvgIpc) is 3.31. The highest BCUT2D eigenvalue weighted by Crippen LogP contribution is 2.43. The van der Waals surface area contributed by atoms with Crippen LogP contribution in [0.4, 0.5) is 0 Å².